The quantitative estimate of drug-likeness (QED) is 0.436. The molecule has 0 atom stereocenters. The second-order valence-electron chi connectivity index (χ2n) is 8.21. The van der Waals surface area contributed by atoms with Gasteiger partial charge in [0.15, 0.2) is 0 Å². The van der Waals surface area contributed by atoms with Crippen LogP contribution in [-0.4, -0.2) is 28.8 Å². The summed E-state index contributed by atoms with van der Waals surface area (Å²) in [6.07, 6.45) is 6.70. The normalized spacial score (nSPS) is 14.2. The van der Waals surface area contributed by atoms with Crippen LogP contribution in [0.3, 0.4) is 0 Å². The molecule has 0 N–H and O–H groups in total. The van der Waals surface area contributed by atoms with Crippen molar-refractivity contribution in [3.8, 4) is 34.5 Å². The van der Waals surface area contributed by atoms with Crippen molar-refractivity contribution < 1.29 is 14.0 Å². The van der Waals surface area contributed by atoms with Gasteiger partial charge in [-0.1, -0.05) is 31.8 Å². The maximum atomic E-state index is 5.98. The summed E-state index contributed by atoms with van der Waals surface area (Å²) in [5, 5.41) is 4.27. The number of pyridine rings is 1. The standard InChI is InChI=1S/C25H31N3O3/c1-5-11-30-23-16(3)12-19(13-17(23)6-2)24-27-25(31-28-24)20-14-21(18-9-7-8-10-18)26-22(15-20)29-4/h12-15,18H,5-11H2,1-4H3. The van der Waals surface area contributed by atoms with Gasteiger partial charge in [0.2, 0.25) is 11.7 Å². The average Bonchev–Trinajstić information content (AvgIpc) is 3.50. The Bertz CT molecular complexity index is 1040. The molecule has 0 bridgehead atoms. The van der Waals surface area contributed by atoms with Crippen LogP contribution in [0.15, 0.2) is 28.8 Å². The lowest BCUT2D eigenvalue weighted by molar-refractivity contribution is 0.312. The number of methoxy groups -OCH3 is 1. The lowest BCUT2D eigenvalue weighted by atomic mass is 10.0. The molecule has 1 aliphatic rings. The van der Waals surface area contributed by atoms with Crippen molar-refractivity contribution in [3.05, 3.63) is 41.1 Å². The Morgan fingerprint density at radius 2 is 1.84 bits per heavy atom. The number of aromatic nitrogens is 3. The van der Waals surface area contributed by atoms with Crippen LogP contribution in [0.1, 0.15) is 68.7 Å². The maximum absolute atomic E-state index is 5.98. The van der Waals surface area contributed by atoms with Crippen LogP contribution < -0.4 is 9.47 Å². The molecule has 6 nitrogen and oxygen atoms in total. The summed E-state index contributed by atoms with van der Waals surface area (Å²) in [5.74, 6) is 3.09. The highest BCUT2D eigenvalue weighted by Crippen LogP contribution is 2.36. The van der Waals surface area contributed by atoms with Gasteiger partial charge in [0.25, 0.3) is 5.89 Å². The zero-order valence-electron chi connectivity index (χ0n) is 18.9. The summed E-state index contributed by atoms with van der Waals surface area (Å²) in [5.41, 5.74) is 5.08. The molecule has 0 amide bonds. The molecule has 0 aliphatic heterocycles. The number of benzene rings is 1. The summed E-state index contributed by atoms with van der Waals surface area (Å²) >= 11 is 0. The van der Waals surface area contributed by atoms with E-state index < -0.39 is 0 Å². The molecule has 0 saturated heterocycles. The zero-order valence-corrected chi connectivity index (χ0v) is 18.9. The summed E-state index contributed by atoms with van der Waals surface area (Å²) in [7, 11) is 1.64. The Kier molecular flexibility index (Phi) is 6.54. The van der Waals surface area contributed by atoms with Gasteiger partial charge in [-0.15, -0.1) is 0 Å². The van der Waals surface area contributed by atoms with E-state index in [9.17, 15) is 0 Å². The number of hydrogen-bond acceptors (Lipinski definition) is 6. The van der Waals surface area contributed by atoms with Crippen molar-refractivity contribution >= 4 is 0 Å². The number of nitrogens with zero attached hydrogens (tertiary/aromatic N) is 3. The topological polar surface area (TPSA) is 70.3 Å². The van der Waals surface area contributed by atoms with E-state index in [-0.39, 0.29) is 0 Å². The molecule has 2 heterocycles. The predicted octanol–water partition coefficient (Wildman–Crippen LogP) is 6.12. The third kappa shape index (κ3) is 4.58. The molecule has 3 aromatic rings. The Hall–Kier alpha value is -2.89. The monoisotopic (exact) mass is 421 g/mol. The highest BCUT2D eigenvalue weighted by atomic mass is 16.5. The predicted molar refractivity (Wildman–Crippen MR) is 121 cm³/mol. The highest BCUT2D eigenvalue weighted by molar-refractivity contribution is 5.64. The molecular formula is C25H31N3O3. The highest BCUT2D eigenvalue weighted by Gasteiger charge is 2.22. The van der Waals surface area contributed by atoms with E-state index >= 15 is 0 Å². The van der Waals surface area contributed by atoms with E-state index in [2.05, 4.69) is 49.1 Å². The maximum Gasteiger partial charge on any atom is 0.258 e. The van der Waals surface area contributed by atoms with Crippen molar-refractivity contribution in [2.75, 3.05) is 13.7 Å². The Morgan fingerprint density at radius 1 is 1.03 bits per heavy atom. The van der Waals surface area contributed by atoms with Crippen molar-refractivity contribution in [2.24, 2.45) is 0 Å². The molecule has 1 saturated carbocycles. The first-order chi connectivity index (χ1) is 15.1. The van der Waals surface area contributed by atoms with Gasteiger partial charge in [0.05, 0.1) is 13.7 Å². The molecule has 0 spiro atoms. The molecule has 1 fully saturated rings. The first-order valence-corrected chi connectivity index (χ1v) is 11.3. The largest absolute Gasteiger partial charge is 0.493 e. The molecule has 164 valence electrons. The van der Waals surface area contributed by atoms with Crippen LogP contribution >= 0.6 is 0 Å². The van der Waals surface area contributed by atoms with Crippen LogP contribution in [0.5, 0.6) is 11.6 Å². The van der Waals surface area contributed by atoms with E-state index in [4.69, 9.17) is 19.0 Å². The van der Waals surface area contributed by atoms with Gasteiger partial charge in [-0.2, -0.15) is 4.98 Å². The lowest BCUT2D eigenvalue weighted by Gasteiger charge is -2.14. The minimum atomic E-state index is 0.474. The van der Waals surface area contributed by atoms with Gasteiger partial charge in [-0.25, -0.2) is 4.98 Å². The molecule has 31 heavy (non-hydrogen) atoms. The van der Waals surface area contributed by atoms with Crippen molar-refractivity contribution in [1.82, 2.24) is 15.1 Å². The van der Waals surface area contributed by atoms with Crippen LogP contribution in [-0.2, 0) is 6.42 Å². The first kappa shape index (κ1) is 21.3. The second kappa shape index (κ2) is 9.50. The zero-order chi connectivity index (χ0) is 21.8. The van der Waals surface area contributed by atoms with Crippen LogP contribution in [0.4, 0.5) is 0 Å². The fourth-order valence-electron chi connectivity index (χ4n) is 4.29. The summed E-state index contributed by atoms with van der Waals surface area (Å²) in [6.45, 7) is 7.03. The molecule has 0 unspecified atom stereocenters. The van der Waals surface area contributed by atoms with Crippen molar-refractivity contribution in [3.63, 3.8) is 0 Å². The van der Waals surface area contributed by atoms with Crippen molar-refractivity contribution in [1.29, 1.82) is 0 Å². The van der Waals surface area contributed by atoms with E-state index in [1.165, 1.54) is 25.7 Å². The van der Waals surface area contributed by atoms with Gasteiger partial charge in [0, 0.05) is 28.8 Å². The molecule has 0 radical (unpaired) electrons. The van der Waals surface area contributed by atoms with E-state index in [1.807, 2.05) is 6.07 Å². The first-order valence-electron chi connectivity index (χ1n) is 11.3. The molecular weight excluding hydrogens is 390 g/mol. The number of rotatable bonds is 8. The van der Waals surface area contributed by atoms with Gasteiger partial charge in [-0.05, 0) is 61.9 Å². The Labute approximate surface area is 184 Å². The smallest absolute Gasteiger partial charge is 0.258 e. The minimum Gasteiger partial charge on any atom is -0.493 e. The summed E-state index contributed by atoms with van der Waals surface area (Å²) in [6, 6.07) is 8.10. The minimum absolute atomic E-state index is 0.474. The van der Waals surface area contributed by atoms with Crippen LogP contribution in [0, 0.1) is 6.92 Å². The fraction of sp³-hybridized carbons (Fsp3) is 0.480. The SMILES string of the molecule is CCCOc1c(C)cc(-c2noc(-c3cc(OC)nc(C4CCCC4)c3)n2)cc1CC. The second-order valence-corrected chi connectivity index (χ2v) is 8.21. The molecule has 1 aromatic carbocycles. The number of hydrogen-bond donors (Lipinski definition) is 0. The van der Waals surface area contributed by atoms with Gasteiger partial charge in [-0.3, -0.25) is 0 Å². The fourth-order valence-corrected chi connectivity index (χ4v) is 4.29. The molecule has 6 heteroatoms. The van der Waals surface area contributed by atoms with Crippen molar-refractivity contribution in [2.45, 2.75) is 65.2 Å². The van der Waals surface area contributed by atoms with Gasteiger partial charge in [0.1, 0.15) is 5.75 Å². The molecule has 2 aromatic heterocycles. The number of aryl methyl sites for hydroxylation is 2. The van der Waals surface area contributed by atoms with Crippen LogP contribution in [0.2, 0.25) is 0 Å². The summed E-state index contributed by atoms with van der Waals surface area (Å²) < 4.78 is 17.1. The van der Waals surface area contributed by atoms with E-state index in [0.29, 0.717) is 30.1 Å². The summed E-state index contributed by atoms with van der Waals surface area (Å²) in [4.78, 5) is 9.37. The molecule has 4 rings (SSSR count). The number of ether oxygens (including phenoxy) is 2. The van der Waals surface area contributed by atoms with Gasteiger partial charge < -0.3 is 14.0 Å². The average molecular weight is 422 g/mol. The third-order valence-corrected chi connectivity index (χ3v) is 5.92. The Morgan fingerprint density at radius 3 is 2.55 bits per heavy atom. The van der Waals surface area contributed by atoms with E-state index in [0.717, 1.165) is 46.5 Å². The van der Waals surface area contributed by atoms with Gasteiger partial charge >= 0.3 is 0 Å². The third-order valence-electron chi connectivity index (χ3n) is 5.92. The Balaban J connectivity index is 1.67. The lowest BCUT2D eigenvalue weighted by Crippen LogP contribution is -2.01. The molecule has 1 aliphatic carbocycles. The van der Waals surface area contributed by atoms with Crippen LogP contribution in [0.25, 0.3) is 22.8 Å². The van der Waals surface area contributed by atoms with E-state index in [1.54, 1.807) is 7.11 Å².